The maximum absolute atomic E-state index is 2.34. The van der Waals surface area contributed by atoms with E-state index in [0.717, 1.165) is 5.92 Å². The molecule has 2 aromatic rings. The summed E-state index contributed by atoms with van der Waals surface area (Å²) in [6.45, 7) is 2.34. The van der Waals surface area contributed by atoms with Crippen LogP contribution in [-0.4, -0.2) is 5.75 Å². The zero-order valence-corrected chi connectivity index (χ0v) is 9.68. The summed E-state index contributed by atoms with van der Waals surface area (Å²) in [5.41, 5.74) is 1.57. The standard InChI is InChI=1S/C14H14S/c1-10-8-13-12-5-3-2-4-11(12)6-7-14(13)15-9-10/h2-7,10H,8-9H2,1H3. The molecule has 0 N–H and O–H groups in total. The second kappa shape index (κ2) is 3.57. The van der Waals surface area contributed by atoms with Crippen LogP contribution in [0, 0.1) is 5.92 Å². The topological polar surface area (TPSA) is 0 Å². The third kappa shape index (κ3) is 1.55. The second-order valence-electron chi connectivity index (χ2n) is 4.38. The smallest absolute Gasteiger partial charge is 0.0111 e. The number of hydrogen-bond acceptors (Lipinski definition) is 1. The van der Waals surface area contributed by atoms with E-state index >= 15 is 0 Å². The van der Waals surface area contributed by atoms with Gasteiger partial charge in [0.1, 0.15) is 0 Å². The number of benzene rings is 2. The molecule has 3 rings (SSSR count). The van der Waals surface area contributed by atoms with E-state index < -0.39 is 0 Å². The van der Waals surface area contributed by atoms with Gasteiger partial charge in [-0.2, -0.15) is 0 Å². The minimum atomic E-state index is 0.813. The summed E-state index contributed by atoms with van der Waals surface area (Å²) < 4.78 is 0. The third-order valence-electron chi connectivity index (χ3n) is 3.07. The monoisotopic (exact) mass is 214 g/mol. The van der Waals surface area contributed by atoms with E-state index in [1.54, 1.807) is 5.56 Å². The summed E-state index contributed by atoms with van der Waals surface area (Å²) in [5, 5.41) is 2.83. The molecule has 1 heterocycles. The first-order valence-electron chi connectivity index (χ1n) is 5.48. The van der Waals surface area contributed by atoms with Gasteiger partial charge < -0.3 is 0 Å². The van der Waals surface area contributed by atoms with E-state index in [2.05, 4.69) is 43.3 Å². The van der Waals surface area contributed by atoms with Gasteiger partial charge >= 0.3 is 0 Å². The lowest BCUT2D eigenvalue weighted by atomic mass is 9.96. The molecule has 76 valence electrons. The molecule has 1 heteroatoms. The second-order valence-corrected chi connectivity index (χ2v) is 5.45. The lowest BCUT2D eigenvalue weighted by Crippen LogP contribution is -2.09. The Morgan fingerprint density at radius 2 is 2.00 bits per heavy atom. The normalized spacial score (nSPS) is 20.2. The Balaban J connectivity index is 2.28. The van der Waals surface area contributed by atoms with Crippen molar-refractivity contribution >= 4 is 22.5 Å². The van der Waals surface area contributed by atoms with Crippen molar-refractivity contribution in [3.8, 4) is 0 Å². The highest BCUT2D eigenvalue weighted by molar-refractivity contribution is 7.99. The molecule has 0 aliphatic carbocycles. The minimum Gasteiger partial charge on any atom is -0.126 e. The molecule has 0 nitrogen and oxygen atoms in total. The number of rotatable bonds is 0. The fraction of sp³-hybridized carbons (Fsp3) is 0.286. The Kier molecular flexibility index (Phi) is 2.21. The maximum Gasteiger partial charge on any atom is 0.0111 e. The molecule has 0 spiro atoms. The van der Waals surface area contributed by atoms with Gasteiger partial charge in [-0.15, -0.1) is 11.8 Å². The van der Waals surface area contributed by atoms with Crippen molar-refractivity contribution in [1.29, 1.82) is 0 Å². The molecule has 1 aliphatic rings. The van der Waals surface area contributed by atoms with Crippen LogP contribution in [-0.2, 0) is 6.42 Å². The number of hydrogen-bond donors (Lipinski definition) is 0. The zero-order valence-electron chi connectivity index (χ0n) is 8.86. The van der Waals surface area contributed by atoms with Crippen LogP contribution in [0.4, 0.5) is 0 Å². The summed E-state index contributed by atoms with van der Waals surface area (Å²) in [4.78, 5) is 1.49. The molecular formula is C14H14S. The Hall–Kier alpha value is -0.950. The van der Waals surface area contributed by atoms with Gasteiger partial charge in [0.2, 0.25) is 0 Å². The first-order valence-corrected chi connectivity index (χ1v) is 6.46. The van der Waals surface area contributed by atoms with Crippen molar-refractivity contribution in [3.63, 3.8) is 0 Å². The predicted octanol–water partition coefficient (Wildman–Crippen LogP) is 4.12. The van der Waals surface area contributed by atoms with Crippen LogP contribution in [0.3, 0.4) is 0 Å². The Labute approximate surface area is 94.7 Å². The molecule has 0 radical (unpaired) electrons. The number of thioether (sulfide) groups is 1. The Bertz CT molecular complexity index is 502. The lowest BCUT2D eigenvalue weighted by molar-refractivity contribution is 0.644. The minimum absolute atomic E-state index is 0.813. The molecule has 0 amide bonds. The average molecular weight is 214 g/mol. The molecule has 15 heavy (non-hydrogen) atoms. The van der Waals surface area contributed by atoms with Crippen LogP contribution in [0.15, 0.2) is 41.3 Å². The van der Waals surface area contributed by atoms with Gasteiger partial charge in [-0.3, -0.25) is 0 Å². The van der Waals surface area contributed by atoms with Crippen molar-refractivity contribution in [2.45, 2.75) is 18.2 Å². The SMILES string of the molecule is CC1CSc2ccc3ccccc3c2C1. The summed E-state index contributed by atoms with van der Waals surface area (Å²) in [7, 11) is 0. The molecule has 1 unspecified atom stereocenters. The predicted molar refractivity (Wildman–Crippen MR) is 67.5 cm³/mol. The average Bonchev–Trinajstić information content (AvgIpc) is 2.29. The third-order valence-corrected chi connectivity index (χ3v) is 4.50. The summed E-state index contributed by atoms with van der Waals surface area (Å²) in [5.74, 6) is 2.08. The maximum atomic E-state index is 2.34. The van der Waals surface area contributed by atoms with Gasteiger partial charge in [-0.25, -0.2) is 0 Å². The van der Waals surface area contributed by atoms with Crippen LogP contribution in [0.1, 0.15) is 12.5 Å². The van der Waals surface area contributed by atoms with Gasteiger partial charge in [-0.1, -0.05) is 37.3 Å². The van der Waals surface area contributed by atoms with Crippen molar-refractivity contribution < 1.29 is 0 Å². The molecule has 0 bridgehead atoms. The molecule has 1 atom stereocenters. The molecule has 0 fully saturated rings. The lowest BCUT2D eigenvalue weighted by Gasteiger charge is -2.22. The number of fused-ring (bicyclic) bond motifs is 3. The molecule has 0 saturated heterocycles. The van der Waals surface area contributed by atoms with Crippen molar-refractivity contribution in [1.82, 2.24) is 0 Å². The molecule has 0 aromatic heterocycles. The van der Waals surface area contributed by atoms with Gasteiger partial charge in [0.25, 0.3) is 0 Å². The van der Waals surface area contributed by atoms with Crippen molar-refractivity contribution in [2.75, 3.05) is 5.75 Å². The van der Waals surface area contributed by atoms with Crippen LogP contribution >= 0.6 is 11.8 Å². The van der Waals surface area contributed by atoms with Crippen molar-refractivity contribution in [3.05, 3.63) is 42.0 Å². The Morgan fingerprint density at radius 3 is 2.93 bits per heavy atom. The van der Waals surface area contributed by atoms with Crippen LogP contribution in [0.2, 0.25) is 0 Å². The van der Waals surface area contributed by atoms with Crippen LogP contribution < -0.4 is 0 Å². The van der Waals surface area contributed by atoms with Crippen LogP contribution in [0.25, 0.3) is 10.8 Å². The Morgan fingerprint density at radius 1 is 1.13 bits per heavy atom. The molecular weight excluding hydrogens is 200 g/mol. The first-order chi connectivity index (χ1) is 7.34. The summed E-state index contributed by atoms with van der Waals surface area (Å²) in [6, 6.07) is 13.3. The quantitative estimate of drug-likeness (QED) is 0.635. The fourth-order valence-electron chi connectivity index (χ4n) is 2.30. The van der Waals surface area contributed by atoms with E-state index in [-0.39, 0.29) is 0 Å². The van der Waals surface area contributed by atoms with Crippen molar-refractivity contribution in [2.24, 2.45) is 5.92 Å². The van der Waals surface area contributed by atoms with Gasteiger partial charge in [-0.05, 0) is 34.7 Å². The van der Waals surface area contributed by atoms with E-state index in [1.807, 2.05) is 11.8 Å². The molecule has 0 saturated carbocycles. The van der Waals surface area contributed by atoms with E-state index in [9.17, 15) is 0 Å². The summed E-state index contributed by atoms with van der Waals surface area (Å²) in [6.07, 6.45) is 1.24. The van der Waals surface area contributed by atoms with Gasteiger partial charge in [0.05, 0.1) is 0 Å². The van der Waals surface area contributed by atoms with E-state index in [0.29, 0.717) is 0 Å². The largest absolute Gasteiger partial charge is 0.126 e. The van der Waals surface area contributed by atoms with Gasteiger partial charge in [0, 0.05) is 10.6 Å². The molecule has 2 aromatic carbocycles. The van der Waals surface area contributed by atoms with E-state index in [4.69, 9.17) is 0 Å². The van der Waals surface area contributed by atoms with Gasteiger partial charge in [0.15, 0.2) is 0 Å². The molecule has 1 aliphatic heterocycles. The first kappa shape index (κ1) is 9.29. The fourth-order valence-corrected chi connectivity index (χ4v) is 3.41. The van der Waals surface area contributed by atoms with Crippen LogP contribution in [0.5, 0.6) is 0 Å². The summed E-state index contributed by atoms with van der Waals surface area (Å²) >= 11 is 2.01. The zero-order chi connectivity index (χ0) is 10.3. The highest BCUT2D eigenvalue weighted by Gasteiger charge is 2.17. The highest BCUT2D eigenvalue weighted by Crippen LogP contribution is 2.36. The highest BCUT2D eigenvalue weighted by atomic mass is 32.2. The van der Waals surface area contributed by atoms with E-state index in [1.165, 1.54) is 27.8 Å².